The van der Waals surface area contributed by atoms with E-state index in [2.05, 4.69) is 37.8 Å². The summed E-state index contributed by atoms with van der Waals surface area (Å²) >= 11 is 2.06. The lowest BCUT2D eigenvalue weighted by molar-refractivity contribution is 0.200. The Morgan fingerprint density at radius 3 is 2.60 bits per heavy atom. The molecule has 2 atom stereocenters. The largest absolute Gasteiger partial charge is 0.385 e. The van der Waals surface area contributed by atoms with Crippen LogP contribution in [0.3, 0.4) is 0 Å². The number of thioether (sulfide) groups is 1. The molecule has 1 N–H and O–H groups in total. The van der Waals surface area contributed by atoms with E-state index in [0.29, 0.717) is 11.3 Å². The Hall–Kier alpha value is 0.270. The summed E-state index contributed by atoms with van der Waals surface area (Å²) in [6, 6.07) is 0.664. The van der Waals surface area contributed by atoms with Gasteiger partial charge in [0.1, 0.15) is 0 Å². The van der Waals surface area contributed by atoms with Gasteiger partial charge in [0.25, 0.3) is 0 Å². The van der Waals surface area contributed by atoms with E-state index in [4.69, 9.17) is 4.74 Å². The highest BCUT2D eigenvalue weighted by Crippen LogP contribution is 2.17. The van der Waals surface area contributed by atoms with Gasteiger partial charge in [0.15, 0.2) is 0 Å². The molecule has 0 rings (SSSR count). The van der Waals surface area contributed by atoms with Crippen molar-refractivity contribution in [1.82, 2.24) is 5.32 Å². The van der Waals surface area contributed by atoms with Crippen molar-refractivity contribution < 1.29 is 4.74 Å². The minimum absolute atomic E-state index is 0.664. The first-order valence-electron chi connectivity index (χ1n) is 6.10. The highest BCUT2D eigenvalue weighted by molar-refractivity contribution is 7.99. The molecule has 0 aliphatic heterocycles. The van der Waals surface area contributed by atoms with Gasteiger partial charge in [0.05, 0.1) is 0 Å². The number of ether oxygens (including phenoxy) is 1. The topological polar surface area (TPSA) is 21.3 Å². The third-order valence-electron chi connectivity index (χ3n) is 2.54. The van der Waals surface area contributed by atoms with Crippen LogP contribution in [0.2, 0.25) is 0 Å². The SMILES string of the molecule is CCCNC(CC)C(C)SCCCOC. The van der Waals surface area contributed by atoms with Gasteiger partial charge in [-0.15, -0.1) is 0 Å². The Bertz CT molecular complexity index is 133. The zero-order valence-electron chi connectivity index (χ0n) is 10.7. The van der Waals surface area contributed by atoms with Crippen LogP contribution in [0.25, 0.3) is 0 Å². The summed E-state index contributed by atoms with van der Waals surface area (Å²) in [5.74, 6) is 1.21. The standard InChI is InChI=1S/C12H27NOS/c1-5-8-13-12(6-2)11(3)15-10-7-9-14-4/h11-13H,5-10H2,1-4H3. The first-order valence-corrected chi connectivity index (χ1v) is 7.15. The lowest BCUT2D eigenvalue weighted by Crippen LogP contribution is -2.36. The molecule has 0 fully saturated rings. The van der Waals surface area contributed by atoms with E-state index in [1.165, 1.54) is 18.6 Å². The van der Waals surface area contributed by atoms with Crippen LogP contribution in [0.15, 0.2) is 0 Å². The number of rotatable bonds is 10. The van der Waals surface area contributed by atoms with Gasteiger partial charge in [0.2, 0.25) is 0 Å². The third-order valence-corrected chi connectivity index (χ3v) is 3.92. The Kier molecular flexibility index (Phi) is 11.0. The van der Waals surface area contributed by atoms with Crippen LogP contribution in [-0.2, 0) is 4.74 Å². The van der Waals surface area contributed by atoms with Gasteiger partial charge in [-0.2, -0.15) is 11.8 Å². The first kappa shape index (κ1) is 15.3. The van der Waals surface area contributed by atoms with Crippen LogP contribution in [0.4, 0.5) is 0 Å². The molecule has 0 aromatic heterocycles. The number of hydrogen-bond donors (Lipinski definition) is 1. The fraction of sp³-hybridized carbons (Fsp3) is 1.00. The fourth-order valence-electron chi connectivity index (χ4n) is 1.56. The molecule has 0 aliphatic rings. The predicted molar refractivity (Wildman–Crippen MR) is 70.8 cm³/mol. The van der Waals surface area contributed by atoms with Crippen LogP contribution in [0.5, 0.6) is 0 Å². The minimum atomic E-state index is 0.664. The summed E-state index contributed by atoms with van der Waals surface area (Å²) in [6.07, 6.45) is 3.60. The van der Waals surface area contributed by atoms with E-state index in [-0.39, 0.29) is 0 Å². The highest BCUT2D eigenvalue weighted by atomic mass is 32.2. The van der Waals surface area contributed by atoms with Gasteiger partial charge in [0, 0.05) is 25.0 Å². The summed E-state index contributed by atoms with van der Waals surface area (Å²) in [4.78, 5) is 0. The van der Waals surface area contributed by atoms with Crippen molar-refractivity contribution in [3.63, 3.8) is 0 Å². The fourth-order valence-corrected chi connectivity index (χ4v) is 2.74. The van der Waals surface area contributed by atoms with E-state index in [9.17, 15) is 0 Å². The molecule has 0 spiro atoms. The smallest absolute Gasteiger partial charge is 0.0470 e. The Morgan fingerprint density at radius 2 is 2.07 bits per heavy atom. The summed E-state index contributed by atoms with van der Waals surface area (Å²) < 4.78 is 5.05. The van der Waals surface area contributed by atoms with E-state index < -0.39 is 0 Å². The average molecular weight is 233 g/mol. The molecule has 0 heterocycles. The Morgan fingerprint density at radius 1 is 1.33 bits per heavy atom. The molecule has 92 valence electrons. The highest BCUT2D eigenvalue weighted by Gasteiger charge is 2.14. The zero-order valence-corrected chi connectivity index (χ0v) is 11.5. The number of nitrogens with one attached hydrogen (secondary N) is 1. The van der Waals surface area contributed by atoms with Crippen LogP contribution >= 0.6 is 11.8 Å². The quantitative estimate of drug-likeness (QED) is 0.586. The summed E-state index contributed by atoms with van der Waals surface area (Å²) in [5.41, 5.74) is 0. The Balaban J connectivity index is 3.58. The molecular formula is C12H27NOS. The van der Waals surface area contributed by atoms with E-state index in [1.807, 2.05) is 0 Å². The molecule has 3 heteroatoms. The monoisotopic (exact) mass is 233 g/mol. The molecule has 0 saturated carbocycles. The molecule has 15 heavy (non-hydrogen) atoms. The molecule has 0 radical (unpaired) electrons. The predicted octanol–water partition coefficient (Wildman–Crippen LogP) is 2.92. The zero-order chi connectivity index (χ0) is 11.5. The third kappa shape index (κ3) is 8.12. The van der Waals surface area contributed by atoms with Crippen molar-refractivity contribution in [1.29, 1.82) is 0 Å². The van der Waals surface area contributed by atoms with Gasteiger partial charge in [-0.1, -0.05) is 20.8 Å². The van der Waals surface area contributed by atoms with Crippen molar-refractivity contribution in [2.45, 2.75) is 51.3 Å². The molecule has 0 saturated heterocycles. The molecule has 0 aromatic carbocycles. The molecule has 2 unspecified atom stereocenters. The summed E-state index contributed by atoms with van der Waals surface area (Å²) in [6.45, 7) is 8.84. The first-order chi connectivity index (χ1) is 7.26. The van der Waals surface area contributed by atoms with Crippen molar-refractivity contribution in [3.8, 4) is 0 Å². The van der Waals surface area contributed by atoms with E-state index >= 15 is 0 Å². The van der Waals surface area contributed by atoms with Crippen molar-refractivity contribution in [2.24, 2.45) is 0 Å². The second-order valence-corrected chi connectivity index (χ2v) is 5.38. The van der Waals surface area contributed by atoms with Gasteiger partial charge in [-0.3, -0.25) is 0 Å². The summed E-state index contributed by atoms with van der Waals surface area (Å²) in [5, 5.41) is 4.31. The van der Waals surface area contributed by atoms with E-state index in [1.54, 1.807) is 7.11 Å². The molecule has 0 amide bonds. The molecule has 0 aliphatic carbocycles. The minimum Gasteiger partial charge on any atom is -0.385 e. The number of methoxy groups -OCH3 is 1. The van der Waals surface area contributed by atoms with Crippen molar-refractivity contribution in [2.75, 3.05) is 26.0 Å². The normalized spacial score (nSPS) is 15.2. The van der Waals surface area contributed by atoms with E-state index in [0.717, 1.165) is 19.6 Å². The second-order valence-electron chi connectivity index (χ2n) is 3.89. The van der Waals surface area contributed by atoms with Crippen LogP contribution < -0.4 is 5.32 Å². The van der Waals surface area contributed by atoms with Crippen LogP contribution in [0.1, 0.15) is 40.0 Å². The van der Waals surface area contributed by atoms with Gasteiger partial charge >= 0.3 is 0 Å². The number of hydrogen-bond acceptors (Lipinski definition) is 3. The lowest BCUT2D eigenvalue weighted by Gasteiger charge is -2.23. The molecule has 2 nitrogen and oxygen atoms in total. The van der Waals surface area contributed by atoms with Crippen molar-refractivity contribution in [3.05, 3.63) is 0 Å². The lowest BCUT2D eigenvalue weighted by atomic mass is 10.1. The maximum absolute atomic E-state index is 5.05. The molecule has 0 bridgehead atoms. The van der Waals surface area contributed by atoms with Gasteiger partial charge < -0.3 is 10.1 Å². The molecule has 0 aromatic rings. The van der Waals surface area contributed by atoms with Crippen molar-refractivity contribution >= 4 is 11.8 Å². The van der Waals surface area contributed by atoms with Crippen LogP contribution in [-0.4, -0.2) is 37.3 Å². The van der Waals surface area contributed by atoms with Gasteiger partial charge in [-0.25, -0.2) is 0 Å². The van der Waals surface area contributed by atoms with Crippen LogP contribution in [0, 0.1) is 0 Å². The average Bonchev–Trinajstić information content (AvgIpc) is 2.25. The Labute approximate surface area is 99.5 Å². The summed E-state index contributed by atoms with van der Waals surface area (Å²) in [7, 11) is 1.77. The maximum atomic E-state index is 5.05. The van der Waals surface area contributed by atoms with Gasteiger partial charge in [-0.05, 0) is 31.6 Å². The second kappa shape index (κ2) is 10.8. The molecular weight excluding hydrogens is 206 g/mol. The maximum Gasteiger partial charge on any atom is 0.0470 e.